The van der Waals surface area contributed by atoms with Crippen molar-refractivity contribution in [3.8, 4) is 0 Å². The van der Waals surface area contributed by atoms with Crippen LogP contribution >= 0.6 is 24.0 Å². The van der Waals surface area contributed by atoms with E-state index in [0.29, 0.717) is 5.41 Å². The van der Waals surface area contributed by atoms with Gasteiger partial charge in [0.1, 0.15) is 0 Å². The van der Waals surface area contributed by atoms with Crippen molar-refractivity contribution in [2.45, 2.75) is 26.3 Å². The fourth-order valence-corrected chi connectivity index (χ4v) is 3.20. The SMILES string of the molecule is CCNC(=NCCn1cccn1)N1CCC2(CCOC2)C1.I. The second-order valence-electron chi connectivity index (χ2n) is 5.98. The van der Waals surface area contributed by atoms with Crippen molar-refractivity contribution in [1.29, 1.82) is 0 Å². The molecule has 22 heavy (non-hydrogen) atoms. The topological polar surface area (TPSA) is 54.7 Å². The molecule has 2 saturated heterocycles. The number of halogens is 1. The first-order valence-corrected chi connectivity index (χ1v) is 7.90. The molecule has 2 aliphatic rings. The first kappa shape index (κ1) is 17.5. The molecule has 3 heterocycles. The predicted molar refractivity (Wildman–Crippen MR) is 97.7 cm³/mol. The van der Waals surface area contributed by atoms with Crippen LogP contribution in [0.1, 0.15) is 19.8 Å². The van der Waals surface area contributed by atoms with Crippen molar-refractivity contribution in [3.63, 3.8) is 0 Å². The summed E-state index contributed by atoms with van der Waals surface area (Å²) in [6.45, 7) is 8.58. The molecule has 124 valence electrons. The van der Waals surface area contributed by atoms with Gasteiger partial charge in [-0.1, -0.05) is 0 Å². The van der Waals surface area contributed by atoms with Crippen LogP contribution in [0, 0.1) is 5.41 Å². The van der Waals surface area contributed by atoms with E-state index in [2.05, 4.69) is 22.2 Å². The van der Waals surface area contributed by atoms with Crippen LogP contribution in [0.5, 0.6) is 0 Å². The summed E-state index contributed by atoms with van der Waals surface area (Å²) in [5, 5.41) is 7.63. The molecule has 1 spiro atoms. The Hall–Kier alpha value is -0.830. The molecule has 0 aliphatic carbocycles. The monoisotopic (exact) mass is 419 g/mol. The highest BCUT2D eigenvalue weighted by Crippen LogP contribution is 2.38. The number of ether oxygens (including phenoxy) is 1. The van der Waals surface area contributed by atoms with Crippen molar-refractivity contribution in [3.05, 3.63) is 18.5 Å². The lowest BCUT2D eigenvalue weighted by atomic mass is 9.87. The minimum Gasteiger partial charge on any atom is -0.381 e. The maximum atomic E-state index is 5.60. The molecule has 0 amide bonds. The molecule has 0 bridgehead atoms. The van der Waals surface area contributed by atoms with Crippen LogP contribution in [0.25, 0.3) is 0 Å². The van der Waals surface area contributed by atoms with E-state index in [1.807, 2.05) is 16.9 Å². The van der Waals surface area contributed by atoms with Gasteiger partial charge in [0.15, 0.2) is 5.96 Å². The Morgan fingerprint density at radius 2 is 2.36 bits per heavy atom. The molecule has 1 unspecified atom stereocenters. The Labute approximate surface area is 149 Å². The highest BCUT2D eigenvalue weighted by molar-refractivity contribution is 14.0. The molecule has 1 atom stereocenters. The van der Waals surface area contributed by atoms with Gasteiger partial charge in [-0.25, -0.2) is 0 Å². The summed E-state index contributed by atoms with van der Waals surface area (Å²) in [7, 11) is 0. The number of nitrogens with one attached hydrogen (secondary N) is 1. The van der Waals surface area contributed by atoms with Gasteiger partial charge in [-0.3, -0.25) is 9.67 Å². The number of hydrogen-bond acceptors (Lipinski definition) is 3. The molecule has 1 aromatic heterocycles. The van der Waals surface area contributed by atoms with Crippen molar-refractivity contribution in [2.24, 2.45) is 10.4 Å². The minimum atomic E-state index is 0. The summed E-state index contributed by atoms with van der Waals surface area (Å²) in [6, 6.07) is 1.94. The van der Waals surface area contributed by atoms with E-state index in [1.54, 1.807) is 6.20 Å². The van der Waals surface area contributed by atoms with Gasteiger partial charge in [0.05, 0.1) is 19.7 Å². The zero-order valence-corrected chi connectivity index (χ0v) is 15.5. The largest absolute Gasteiger partial charge is 0.381 e. The summed E-state index contributed by atoms with van der Waals surface area (Å²) >= 11 is 0. The van der Waals surface area contributed by atoms with Crippen LogP contribution in [-0.2, 0) is 11.3 Å². The molecular weight excluding hydrogens is 393 g/mol. The van der Waals surface area contributed by atoms with Gasteiger partial charge in [-0.2, -0.15) is 5.10 Å². The zero-order chi connectivity index (χ0) is 14.5. The first-order chi connectivity index (χ1) is 10.3. The normalized spacial score (nSPS) is 24.8. The van der Waals surface area contributed by atoms with Crippen LogP contribution in [-0.4, -0.2) is 60.0 Å². The molecule has 1 aromatic rings. The third kappa shape index (κ3) is 4.13. The number of guanidine groups is 1. The summed E-state index contributed by atoms with van der Waals surface area (Å²) < 4.78 is 7.52. The van der Waals surface area contributed by atoms with Crippen molar-refractivity contribution in [2.75, 3.05) is 39.4 Å². The van der Waals surface area contributed by atoms with Crippen molar-refractivity contribution < 1.29 is 4.74 Å². The average molecular weight is 419 g/mol. The number of aliphatic imine (C=N–C) groups is 1. The third-order valence-corrected chi connectivity index (χ3v) is 4.41. The van der Waals surface area contributed by atoms with Crippen LogP contribution in [0.4, 0.5) is 0 Å². The lowest BCUT2D eigenvalue weighted by Crippen LogP contribution is -2.41. The summed E-state index contributed by atoms with van der Waals surface area (Å²) in [6.07, 6.45) is 6.19. The van der Waals surface area contributed by atoms with E-state index in [1.165, 1.54) is 12.8 Å². The van der Waals surface area contributed by atoms with E-state index in [-0.39, 0.29) is 24.0 Å². The lowest BCUT2D eigenvalue weighted by Gasteiger charge is -2.25. The Bertz CT molecular complexity index is 470. The van der Waals surface area contributed by atoms with Gasteiger partial charge in [0.25, 0.3) is 0 Å². The number of aromatic nitrogens is 2. The Kier molecular flexibility index (Phi) is 6.49. The van der Waals surface area contributed by atoms with Gasteiger partial charge in [0, 0.05) is 44.0 Å². The van der Waals surface area contributed by atoms with Gasteiger partial charge < -0.3 is 15.0 Å². The predicted octanol–water partition coefficient (Wildman–Crippen LogP) is 1.58. The Balaban J connectivity index is 0.00000176. The second-order valence-corrected chi connectivity index (χ2v) is 5.98. The van der Waals surface area contributed by atoms with Gasteiger partial charge in [-0.05, 0) is 25.8 Å². The number of hydrogen-bond donors (Lipinski definition) is 1. The summed E-state index contributed by atoms with van der Waals surface area (Å²) in [4.78, 5) is 7.14. The fourth-order valence-electron chi connectivity index (χ4n) is 3.20. The molecule has 2 fully saturated rings. The van der Waals surface area contributed by atoms with E-state index >= 15 is 0 Å². The van der Waals surface area contributed by atoms with E-state index in [0.717, 1.165) is 51.9 Å². The average Bonchev–Trinajstić information content (AvgIpc) is 3.22. The molecule has 6 nitrogen and oxygen atoms in total. The van der Waals surface area contributed by atoms with E-state index < -0.39 is 0 Å². The minimum absolute atomic E-state index is 0. The molecule has 0 aromatic carbocycles. The number of rotatable bonds is 4. The Morgan fingerprint density at radius 3 is 3.05 bits per heavy atom. The van der Waals surface area contributed by atoms with E-state index in [9.17, 15) is 0 Å². The maximum absolute atomic E-state index is 5.60. The van der Waals surface area contributed by atoms with E-state index in [4.69, 9.17) is 9.73 Å². The molecule has 0 saturated carbocycles. The first-order valence-electron chi connectivity index (χ1n) is 7.90. The zero-order valence-electron chi connectivity index (χ0n) is 13.2. The maximum Gasteiger partial charge on any atom is 0.193 e. The third-order valence-electron chi connectivity index (χ3n) is 4.41. The van der Waals surface area contributed by atoms with Crippen LogP contribution in [0.3, 0.4) is 0 Å². The molecule has 2 aliphatic heterocycles. The molecule has 7 heteroatoms. The quantitative estimate of drug-likeness (QED) is 0.458. The molecule has 1 N–H and O–H groups in total. The summed E-state index contributed by atoms with van der Waals surface area (Å²) in [5.41, 5.74) is 0.373. The van der Waals surface area contributed by atoms with Gasteiger partial charge in [0.2, 0.25) is 0 Å². The van der Waals surface area contributed by atoms with Crippen LogP contribution in [0.15, 0.2) is 23.5 Å². The Morgan fingerprint density at radius 1 is 1.45 bits per heavy atom. The van der Waals surface area contributed by atoms with Crippen molar-refractivity contribution >= 4 is 29.9 Å². The molecule has 0 radical (unpaired) electrons. The smallest absolute Gasteiger partial charge is 0.193 e. The van der Waals surface area contributed by atoms with Gasteiger partial charge in [-0.15, -0.1) is 24.0 Å². The van der Waals surface area contributed by atoms with Crippen LogP contribution < -0.4 is 5.32 Å². The standard InChI is InChI=1S/C15H25N5O.HI/c1-2-16-14(17-7-10-20-8-3-6-18-20)19-9-4-15(12-19)5-11-21-13-15;/h3,6,8H,2,4-5,7,9-13H2,1H3,(H,16,17);1H. The van der Waals surface area contributed by atoms with Gasteiger partial charge >= 0.3 is 0 Å². The number of likely N-dealkylation sites (tertiary alicyclic amines) is 1. The van der Waals surface area contributed by atoms with Crippen molar-refractivity contribution in [1.82, 2.24) is 20.0 Å². The highest BCUT2D eigenvalue weighted by Gasteiger charge is 2.42. The second kappa shape index (κ2) is 8.14. The lowest BCUT2D eigenvalue weighted by molar-refractivity contribution is 0.156. The fraction of sp³-hybridized carbons (Fsp3) is 0.733. The summed E-state index contributed by atoms with van der Waals surface area (Å²) in [5.74, 6) is 1.04. The highest BCUT2D eigenvalue weighted by atomic mass is 127. The number of nitrogens with zero attached hydrogens (tertiary/aromatic N) is 4. The molecule has 3 rings (SSSR count). The van der Waals surface area contributed by atoms with Crippen LogP contribution in [0.2, 0.25) is 0 Å². The molecular formula is C15H26IN5O.